The van der Waals surface area contributed by atoms with E-state index in [2.05, 4.69) is 12.6 Å². The molecule has 34 heavy (non-hydrogen) atoms. The van der Waals surface area contributed by atoms with E-state index in [1.807, 2.05) is 15.2 Å². The standard InChI is InChI=1S/C26H35FN2O4S/c1-3-4-8-21(30)17-28(12-6-14-32-2)18-26(31)29-13-10-25-23(11-15-34-25)24(29)19-33-22-9-5-7-20(27)16-22/h3,5,7,9,11,15-16,21,24,30H,1,4,6,8,10,12-14,17-19H2,2H3/t21-,24-/m0/s1. The number of carbonyl (C=O) groups is 1. The summed E-state index contributed by atoms with van der Waals surface area (Å²) in [6, 6.07) is 7.87. The number of methoxy groups -OCH3 is 1. The van der Waals surface area contributed by atoms with Crippen LogP contribution in [0.5, 0.6) is 5.75 Å². The maximum atomic E-state index is 13.6. The molecule has 0 bridgehead atoms. The molecule has 0 radical (unpaired) electrons. The third-order valence-corrected chi connectivity index (χ3v) is 6.97. The zero-order valence-electron chi connectivity index (χ0n) is 19.8. The number of nitrogens with zero attached hydrogens (tertiary/aromatic N) is 2. The van der Waals surface area contributed by atoms with Crippen molar-refractivity contribution in [2.75, 3.05) is 46.5 Å². The zero-order valence-corrected chi connectivity index (χ0v) is 20.6. The molecule has 1 aliphatic rings. The Morgan fingerprint density at radius 3 is 3.06 bits per heavy atom. The van der Waals surface area contributed by atoms with Crippen LogP contribution in [0.15, 0.2) is 48.4 Å². The highest BCUT2D eigenvalue weighted by atomic mass is 32.1. The number of hydrogen-bond acceptors (Lipinski definition) is 6. The average Bonchev–Trinajstić information content (AvgIpc) is 3.30. The predicted molar refractivity (Wildman–Crippen MR) is 133 cm³/mol. The van der Waals surface area contributed by atoms with Crippen LogP contribution in [0.25, 0.3) is 0 Å². The molecule has 1 aliphatic heterocycles. The molecule has 0 aliphatic carbocycles. The van der Waals surface area contributed by atoms with Gasteiger partial charge >= 0.3 is 0 Å². The van der Waals surface area contributed by atoms with Crippen molar-refractivity contribution in [3.8, 4) is 5.75 Å². The zero-order chi connectivity index (χ0) is 24.3. The van der Waals surface area contributed by atoms with Crippen molar-refractivity contribution in [3.63, 3.8) is 0 Å². The van der Waals surface area contributed by atoms with Gasteiger partial charge in [0.25, 0.3) is 0 Å². The number of hydrogen-bond donors (Lipinski definition) is 1. The molecule has 0 spiro atoms. The monoisotopic (exact) mass is 490 g/mol. The summed E-state index contributed by atoms with van der Waals surface area (Å²) in [6.07, 6.45) is 4.20. The fraction of sp³-hybridized carbons (Fsp3) is 0.500. The Balaban J connectivity index is 1.70. The summed E-state index contributed by atoms with van der Waals surface area (Å²) < 4.78 is 24.7. The molecule has 186 valence electrons. The lowest BCUT2D eigenvalue weighted by molar-refractivity contribution is -0.136. The van der Waals surface area contributed by atoms with Crippen LogP contribution in [-0.2, 0) is 16.0 Å². The Labute approximate surface area is 205 Å². The lowest BCUT2D eigenvalue weighted by Gasteiger charge is -2.37. The normalized spacial score (nSPS) is 16.4. The van der Waals surface area contributed by atoms with Crippen LogP contribution in [0, 0.1) is 5.82 Å². The van der Waals surface area contributed by atoms with Crippen LogP contribution in [0.2, 0.25) is 0 Å². The Morgan fingerprint density at radius 1 is 1.44 bits per heavy atom. The summed E-state index contributed by atoms with van der Waals surface area (Å²) in [5, 5.41) is 12.5. The van der Waals surface area contributed by atoms with Gasteiger partial charge in [-0.2, -0.15) is 0 Å². The molecule has 1 aromatic carbocycles. The number of thiophene rings is 1. The van der Waals surface area contributed by atoms with Gasteiger partial charge in [0.2, 0.25) is 5.91 Å². The molecule has 2 atom stereocenters. The van der Waals surface area contributed by atoms with Gasteiger partial charge in [-0.15, -0.1) is 17.9 Å². The van der Waals surface area contributed by atoms with Gasteiger partial charge in [0, 0.05) is 44.3 Å². The van der Waals surface area contributed by atoms with Crippen LogP contribution >= 0.6 is 11.3 Å². The van der Waals surface area contributed by atoms with Gasteiger partial charge in [0.05, 0.1) is 18.7 Å². The highest BCUT2D eigenvalue weighted by Gasteiger charge is 2.33. The highest BCUT2D eigenvalue weighted by Crippen LogP contribution is 2.34. The molecule has 3 rings (SSSR count). The summed E-state index contributed by atoms with van der Waals surface area (Å²) in [4.78, 5) is 18.6. The number of fused-ring (bicyclic) bond motifs is 1. The number of aliphatic hydroxyl groups excluding tert-OH is 1. The van der Waals surface area contributed by atoms with Crippen LogP contribution < -0.4 is 4.74 Å². The molecule has 2 aromatic rings. The number of amides is 1. The van der Waals surface area contributed by atoms with E-state index >= 15 is 0 Å². The Morgan fingerprint density at radius 2 is 2.29 bits per heavy atom. The molecule has 1 N–H and O–H groups in total. The van der Waals surface area contributed by atoms with E-state index in [-0.39, 0.29) is 30.9 Å². The van der Waals surface area contributed by atoms with Gasteiger partial charge in [0.15, 0.2) is 0 Å². The van der Waals surface area contributed by atoms with E-state index in [0.29, 0.717) is 38.4 Å². The van der Waals surface area contributed by atoms with Gasteiger partial charge in [-0.05, 0) is 54.8 Å². The minimum Gasteiger partial charge on any atom is -0.491 e. The van der Waals surface area contributed by atoms with Gasteiger partial charge in [-0.1, -0.05) is 12.1 Å². The average molecular weight is 491 g/mol. The Bertz CT molecular complexity index is 922. The van der Waals surface area contributed by atoms with Crippen LogP contribution in [0.1, 0.15) is 35.7 Å². The van der Waals surface area contributed by atoms with Crippen molar-refractivity contribution in [1.29, 1.82) is 0 Å². The highest BCUT2D eigenvalue weighted by molar-refractivity contribution is 7.10. The van der Waals surface area contributed by atoms with Crippen LogP contribution in [-0.4, -0.2) is 73.4 Å². The van der Waals surface area contributed by atoms with Crippen molar-refractivity contribution in [1.82, 2.24) is 9.80 Å². The molecule has 0 unspecified atom stereocenters. The fourth-order valence-electron chi connectivity index (χ4n) is 4.26. The summed E-state index contributed by atoms with van der Waals surface area (Å²) >= 11 is 1.69. The molecule has 1 aromatic heterocycles. The van der Waals surface area contributed by atoms with E-state index in [0.717, 1.165) is 24.8 Å². The lowest BCUT2D eigenvalue weighted by Crippen LogP contribution is -2.48. The topological polar surface area (TPSA) is 62.2 Å². The molecule has 6 nitrogen and oxygen atoms in total. The van der Waals surface area contributed by atoms with E-state index in [9.17, 15) is 14.3 Å². The second-order valence-corrected chi connectivity index (χ2v) is 9.52. The third kappa shape index (κ3) is 7.63. The lowest BCUT2D eigenvalue weighted by atomic mass is 10.0. The van der Waals surface area contributed by atoms with Crippen molar-refractivity contribution in [2.45, 2.75) is 37.8 Å². The number of benzene rings is 1. The van der Waals surface area contributed by atoms with Gasteiger partial charge in [-0.25, -0.2) is 4.39 Å². The van der Waals surface area contributed by atoms with Crippen molar-refractivity contribution in [3.05, 3.63) is 64.6 Å². The number of ether oxygens (including phenoxy) is 2. The molecule has 0 saturated heterocycles. The summed E-state index contributed by atoms with van der Waals surface area (Å²) in [7, 11) is 1.66. The van der Waals surface area contributed by atoms with E-state index in [1.165, 1.54) is 17.0 Å². The summed E-state index contributed by atoms with van der Waals surface area (Å²) in [5.41, 5.74) is 1.10. The first-order chi connectivity index (χ1) is 16.5. The largest absolute Gasteiger partial charge is 0.491 e. The molecular formula is C26H35FN2O4S. The minimum absolute atomic E-state index is 0.00182. The fourth-order valence-corrected chi connectivity index (χ4v) is 5.18. The minimum atomic E-state index is -0.523. The molecular weight excluding hydrogens is 455 g/mol. The molecule has 8 heteroatoms. The smallest absolute Gasteiger partial charge is 0.237 e. The first-order valence-electron chi connectivity index (χ1n) is 11.8. The molecule has 0 fully saturated rings. The van der Waals surface area contributed by atoms with Crippen molar-refractivity contribution in [2.24, 2.45) is 0 Å². The first kappa shape index (κ1) is 26.3. The van der Waals surface area contributed by atoms with Crippen molar-refractivity contribution < 1.29 is 23.8 Å². The summed E-state index contributed by atoms with van der Waals surface area (Å²) in [5.74, 6) is 0.0892. The van der Waals surface area contributed by atoms with Gasteiger partial charge in [-0.3, -0.25) is 9.69 Å². The molecule has 2 heterocycles. The summed E-state index contributed by atoms with van der Waals surface area (Å²) in [6.45, 7) is 6.47. The second kappa shape index (κ2) is 13.6. The van der Waals surface area contributed by atoms with Gasteiger partial charge < -0.3 is 19.5 Å². The second-order valence-electron chi connectivity index (χ2n) is 8.52. The number of carbonyl (C=O) groups excluding carboxylic acids is 1. The number of aliphatic hydroxyl groups is 1. The predicted octanol–water partition coefficient (Wildman–Crippen LogP) is 4.06. The number of allylic oxidation sites excluding steroid dienone is 1. The SMILES string of the molecule is C=CCC[C@H](O)CN(CCCOC)CC(=O)N1CCc2sccc2[C@@H]1COc1cccc(F)c1. The quantitative estimate of drug-likeness (QED) is 0.320. The first-order valence-corrected chi connectivity index (χ1v) is 12.6. The van der Waals surface area contributed by atoms with Crippen molar-refractivity contribution >= 4 is 17.2 Å². The third-order valence-electron chi connectivity index (χ3n) is 5.97. The molecule has 1 amide bonds. The van der Waals surface area contributed by atoms with Crippen LogP contribution in [0.3, 0.4) is 0 Å². The van der Waals surface area contributed by atoms with E-state index < -0.39 is 6.10 Å². The number of halogens is 1. The number of rotatable bonds is 14. The van der Waals surface area contributed by atoms with E-state index in [4.69, 9.17) is 9.47 Å². The van der Waals surface area contributed by atoms with Gasteiger partial charge in [0.1, 0.15) is 18.2 Å². The molecule has 0 saturated carbocycles. The maximum absolute atomic E-state index is 13.6. The maximum Gasteiger partial charge on any atom is 0.237 e. The van der Waals surface area contributed by atoms with Crippen LogP contribution in [0.4, 0.5) is 4.39 Å². The van der Waals surface area contributed by atoms with E-state index in [1.54, 1.807) is 36.7 Å². The Kier molecular flexibility index (Phi) is 10.5. The Hall–Kier alpha value is -2.26.